The number of halogens is 1. The molecule has 226 valence electrons. The van der Waals surface area contributed by atoms with Crippen molar-refractivity contribution in [1.82, 2.24) is 10.2 Å². The van der Waals surface area contributed by atoms with E-state index in [0.717, 1.165) is 9.87 Å². The number of nitrogens with zero attached hydrogens (tertiary/aromatic N) is 2. The predicted octanol–water partition coefficient (Wildman–Crippen LogP) is 5.27. The van der Waals surface area contributed by atoms with Crippen LogP contribution in [0.25, 0.3) is 0 Å². The SMILES string of the molecule is CCC(C(=O)NC(C)(C)C)N(Cc1ccc(Cl)cc1)C(=O)CN(c1ccccc1)S(=O)(=O)c1ccc(OC)c(OC)c1. The first kappa shape index (κ1) is 32.8. The minimum Gasteiger partial charge on any atom is -0.493 e. The van der Waals surface area contributed by atoms with Gasteiger partial charge in [0.05, 0.1) is 24.8 Å². The lowest BCUT2D eigenvalue weighted by atomic mass is 10.1. The first-order valence-corrected chi connectivity index (χ1v) is 15.3. The largest absolute Gasteiger partial charge is 0.493 e. The summed E-state index contributed by atoms with van der Waals surface area (Å²) in [5, 5.41) is 3.49. The average Bonchev–Trinajstić information content (AvgIpc) is 2.95. The van der Waals surface area contributed by atoms with Gasteiger partial charge in [-0.1, -0.05) is 48.9 Å². The lowest BCUT2D eigenvalue weighted by Crippen LogP contribution is -2.55. The fourth-order valence-corrected chi connectivity index (χ4v) is 5.94. The normalized spacial score (nSPS) is 12.3. The van der Waals surface area contributed by atoms with Crippen LogP contribution in [0.1, 0.15) is 39.7 Å². The maximum absolute atomic E-state index is 14.1. The summed E-state index contributed by atoms with van der Waals surface area (Å²) in [6.07, 6.45) is 0.314. The average molecular weight is 616 g/mol. The second-order valence-corrected chi connectivity index (χ2v) is 13.0. The molecule has 3 aromatic rings. The summed E-state index contributed by atoms with van der Waals surface area (Å²) >= 11 is 6.07. The topological polar surface area (TPSA) is 105 Å². The molecule has 0 aliphatic heterocycles. The van der Waals surface area contributed by atoms with Crippen LogP contribution < -0.4 is 19.1 Å². The molecule has 0 saturated heterocycles. The molecule has 1 unspecified atom stereocenters. The molecular weight excluding hydrogens is 578 g/mol. The first-order chi connectivity index (χ1) is 19.8. The Bertz CT molecular complexity index is 1470. The van der Waals surface area contributed by atoms with Crippen LogP contribution in [0.3, 0.4) is 0 Å². The van der Waals surface area contributed by atoms with Crippen molar-refractivity contribution in [3.63, 3.8) is 0 Å². The van der Waals surface area contributed by atoms with E-state index in [0.29, 0.717) is 22.9 Å². The molecule has 0 bridgehead atoms. The van der Waals surface area contributed by atoms with Crippen molar-refractivity contribution in [2.24, 2.45) is 0 Å². The van der Waals surface area contributed by atoms with Gasteiger partial charge in [-0.15, -0.1) is 0 Å². The second-order valence-electron chi connectivity index (χ2n) is 10.7. The highest BCUT2D eigenvalue weighted by Crippen LogP contribution is 2.32. The summed E-state index contributed by atoms with van der Waals surface area (Å²) < 4.78 is 39.8. The Hall–Kier alpha value is -3.76. The number of sulfonamides is 1. The molecule has 2 amide bonds. The first-order valence-electron chi connectivity index (χ1n) is 13.5. The molecule has 0 aromatic heterocycles. The van der Waals surface area contributed by atoms with Gasteiger partial charge in [-0.25, -0.2) is 8.42 Å². The third kappa shape index (κ3) is 8.17. The van der Waals surface area contributed by atoms with E-state index in [1.54, 1.807) is 54.6 Å². The van der Waals surface area contributed by atoms with Crippen molar-refractivity contribution in [1.29, 1.82) is 0 Å². The van der Waals surface area contributed by atoms with Crippen molar-refractivity contribution < 1.29 is 27.5 Å². The second kappa shape index (κ2) is 13.9. The van der Waals surface area contributed by atoms with Gasteiger partial charge in [0, 0.05) is 23.2 Å². The molecule has 11 heteroatoms. The van der Waals surface area contributed by atoms with Crippen LogP contribution in [0.2, 0.25) is 5.02 Å². The molecule has 3 rings (SSSR count). The zero-order valence-electron chi connectivity index (χ0n) is 24.8. The minimum atomic E-state index is -4.27. The van der Waals surface area contributed by atoms with Gasteiger partial charge in [-0.05, 0) is 69.2 Å². The third-order valence-electron chi connectivity index (χ3n) is 6.42. The summed E-state index contributed by atoms with van der Waals surface area (Å²) in [6, 6.07) is 18.7. The number of hydrogen-bond acceptors (Lipinski definition) is 6. The quantitative estimate of drug-likeness (QED) is 0.297. The number of benzene rings is 3. The summed E-state index contributed by atoms with van der Waals surface area (Å²) in [5.41, 5.74) is 0.495. The zero-order chi connectivity index (χ0) is 31.1. The summed E-state index contributed by atoms with van der Waals surface area (Å²) in [7, 11) is -1.40. The van der Waals surface area contributed by atoms with Crippen LogP contribution in [0.4, 0.5) is 5.69 Å². The molecule has 0 aliphatic rings. The Morgan fingerprint density at radius 3 is 2.10 bits per heavy atom. The van der Waals surface area contributed by atoms with E-state index in [-0.39, 0.29) is 23.1 Å². The summed E-state index contributed by atoms with van der Waals surface area (Å²) in [6.45, 7) is 6.91. The van der Waals surface area contributed by atoms with Crippen molar-refractivity contribution in [2.75, 3.05) is 25.1 Å². The predicted molar refractivity (Wildman–Crippen MR) is 164 cm³/mol. The summed E-state index contributed by atoms with van der Waals surface area (Å²) in [4.78, 5) is 28.9. The van der Waals surface area contributed by atoms with Crippen LogP contribution in [-0.4, -0.2) is 57.5 Å². The molecule has 9 nitrogen and oxygen atoms in total. The van der Waals surface area contributed by atoms with Crippen LogP contribution >= 0.6 is 11.6 Å². The van der Waals surface area contributed by atoms with Gasteiger partial charge in [-0.3, -0.25) is 13.9 Å². The number of anilines is 1. The van der Waals surface area contributed by atoms with E-state index in [9.17, 15) is 18.0 Å². The molecule has 1 N–H and O–H groups in total. The molecule has 3 aromatic carbocycles. The van der Waals surface area contributed by atoms with E-state index in [1.807, 2.05) is 27.7 Å². The molecule has 0 saturated carbocycles. The standard InChI is InChI=1S/C31H38ClN3O6S/c1-7-26(30(37)33-31(2,3)4)34(20-22-13-15-23(32)16-14-22)29(36)21-35(24-11-9-8-10-12-24)42(38,39)25-17-18-27(40-5)28(19-25)41-6/h8-19,26H,7,20-21H2,1-6H3,(H,33,37). The lowest BCUT2D eigenvalue weighted by Gasteiger charge is -2.34. The fraction of sp³-hybridized carbons (Fsp3) is 0.355. The smallest absolute Gasteiger partial charge is 0.264 e. The lowest BCUT2D eigenvalue weighted by molar-refractivity contribution is -0.141. The Morgan fingerprint density at radius 1 is 0.929 bits per heavy atom. The molecule has 0 spiro atoms. The highest BCUT2D eigenvalue weighted by Gasteiger charge is 2.35. The Labute approximate surface area is 253 Å². The van der Waals surface area contributed by atoms with Gasteiger partial charge >= 0.3 is 0 Å². The Morgan fingerprint density at radius 2 is 1.55 bits per heavy atom. The van der Waals surface area contributed by atoms with E-state index in [4.69, 9.17) is 21.1 Å². The Balaban J connectivity index is 2.08. The number of para-hydroxylation sites is 1. The van der Waals surface area contributed by atoms with Crippen LogP contribution in [-0.2, 0) is 26.2 Å². The van der Waals surface area contributed by atoms with Crippen LogP contribution in [0.5, 0.6) is 11.5 Å². The maximum atomic E-state index is 14.1. The number of rotatable bonds is 12. The molecule has 0 heterocycles. The zero-order valence-corrected chi connectivity index (χ0v) is 26.3. The van der Waals surface area contributed by atoms with Gasteiger partial charge in [0.2, 0.25) is 11.8 Å². The van der Waals surface area contributed by atoms with Crippen molar-refractivity contribution in [2.45, 2.75) is 57.1 Å². The number of hydrogen-bond donors (Lipinski definition) is 1. The van der Waals surface area contributed by atoms with E-state index in [1.165, 1.54) is 37.3 Å². The van der Waals surface area contributed by atoms with Gasteiger partial charge in [0.1, 0.15) is 12.6 Å². The molecule has 0 aliphatic carbocycles. The molecule has 1 atom stereocenters. The van der Waals surface area contributed by atoms with Gasteiger partial charge in [-0.2, -0.15) is 0 Å². The van der Waals surface area contributed by atoms with Crippen molar-refractivity contribution in [3.05, 3.63) is 83.4 Å². The van der Waals surface area contributed by atoms with E-state index < -0.39 is 34.1 Å². The maximum Gasteiger partial charge on any atom is 0.264 e. The van der Waals surface area contributed by atoms with Gasteiger partial charge < -0.3 is 19.7 Å². The van der Waals surface area contributed by atoms with Crippen molar-refractivity contribution >= 4 is 39.1 Å². The monoisotopic (exact) mass is 615 g/mol. The number of carbonyl (C=O) groups excluding carboxylic acids is 2. The van der Waals surface area contributed by atoms with Crippen molar-refractivity contribution in [3.8, 4) is 11.5 Å². The van der Waals surface area contributed by atoms with E-state index >= 15 is 0 Å². The van der Waals surface area contributed by atoms with Gasteiger partial charge in [0.25, 0.3) is 10.0 Å². The molecule has 42 heavy (non-hydrogen) atoms. The number of carbonyl (C=O) groups is 2. The van der Waals surface area contributed by atoms with Crippen LogP contribution in [0, 0.1) is 0 Å². The highest BCUT2D eigenvalue weighted by atomic mass is 35.5. The highest BCUT2D eigenvalue weighted by molar-refractivity contribution is 7.92. The fourth-order valence-electron chi connectivity index (χ4n) is 4.39. The van der Waals surface area contributed by atoms with E-state index in [2.05, 4.69) is 5.32 Å². The number of nitrogens with one attached hydrogen (secondary N) is 1. The van der Waals surface area contributed by atoms with Gasteiger partial charge in [0.15, 0.2) is 11.5 Å². The van der Waals surface area contributed by atoms with Crippen LogP contribution in [0.15, 0.2) is 77.7 Å². The number of methoxy groups -OCH3 is 2. The molecule has 0 fully saturated rings. The minimum absolute atomic E-state index is 0.0745. The number of ether oxygens (including phenoxy) is 2. The molecule has 0 radical (unpaired) electrons. The molecular formula is C31H38ClN3O6S. The number of amides is 2. The summed E-state index contributed by atoms with van der Waals surface area (Å²) in [5.74, 6) is -0.286. The third-order valence-corrected chi connectivity index (χ3v) is 8.44. The Kier molecular flexibility index (Phi) is 10.9.